The third-order valence-corrected chi connectivity index (χ3v) is 10.8. The zero-order valence-electron chi connectivity index (χ0n) is 30.2. The summed E-state index contributed by atoms with van der Waals surface area (Å²) < 4.78 is 7.28. The number of hydrogen-bond donors (Lipinski definition) is 0. The molecule has 0 fully saturated rings. The molecule has 3 heterocycles. The second-order valence-electron chi connectivity index (χ2n) is 13.6. The Balaban J connectivity index is 0.00000183. The smallest absolute Gasteiger partial charge is 0.150 e. The zero-order valence-corrected chi connectivity index (χ0v) is 30.2. The fourth-order valence-corrected chi connectivity index (χ4v) is 8.38. The summed E-state index contributed by atoms with van der Waals surface area (Å²) in [6.45, 7) is 5.80. The van der Waals surface area contributed by atoms with E-state index in [9.17, 15) is 4.79 Å². The van der Waals surface area contributed by atoms with E-state index in [1.165, 1.54) is 76.5 Å². The summed E-state index contributed by atoms with van der Waals surface area (Å²) in [5.41, 5.74) is 11.8. The van der Waals surface area contributed by atoms with Crippen LogP contribution in [-0.4, -0.2) is 20.0 Å². The Kier molecular flexibility index (Phi) is 8.36. The van der Waals surface area contributed by atoms with Gasteiger partial charge in [-0.1, -0.05) is 98.8 Å². The molecule has 4 nitrogen and oxygen atoms in total. The number of carbonyl (C=O) groups is 1. The number of aldehydes is 1. The first-order valence-corrected chi connectivity index (χ1v) is 18.8. The average molecular weight is 688 g/mol. The van der Waals surface area contributed by atoms with Gasteiger partial charge in [0.1, 0.15) is 6.29 Å². The van der Waals surface area contributed by atoms with E-state index in [1.54, 1.807) is 0 Å². The lowest BCUT2D eigenvalue weighted by atomic mass is 10.0. The Hall–Kier alpha value is -6.39. The van der Waals surface area contributed by atoms with Gasteiger partial charge in [-0.25, -0.2) is 0 Å². The number of aryl methyl sites for hydroxylation is 4. The molecular formula is C49H41N3O. The van der Waals surface area contributed by atoms with Gasteiger partial charge >= 0.3 is 0 Å². The molecule has 0 bridgehead atoms. The number of carbonyl (C=O) groups excluding carboxylic acids is 1. The first kappa shape index (κ1) is 32.5. The molecule has 4 heteroatoms. The van der Waals surface area contributed by atoms with Crippen LogP contribution in [0.15, 0.2) is 158 Å². The van der Waals surface area contributed by atoms with Gasteiger partial charge in [0.05, 0.1) is 11.0 Å². The molecule has 0 N–H and O–H groups in total. The monoisotopic (exact) mass is 687 g/mol. The molecule has 0 aliphatic rings. The standard InChI is InChI=1S/C47H35N3O.C2H6/c51-31-34-17-21-35(22-18-34)50-46-23-19-32(25-27-48-42-13-5-1-9-36(42)37-10-2-6-14-43(37)48)29-40(46)41-30-33(20-24-47(41)50)26-28-49-44-15-7-3-11-38(44)39-12-4-8-16-45(39)49;1-2/h1-24,29-31H,25-28H2;1-2H3. The maximum atomic E-state index is 11.5. The SMILES string of the molecule is CC.O=Cc1ccc(-n2c3ccc(CCn4c5ccccc5c5ccccc54)cc3c3cc(CCn4c5ccccc5c5ccccc54)ccc32)cc1. The van der Waals surface area contributed by atoms with Gasteiger partial charge < -0.3 is 13.7 Å². The number of hydrogen-bond acceptors (Lipinski definition) is 1. The van der Waals surface area contributed by atoms with Gasteiger partial charge in [0.25, 0.3) is 0 Å². The molecule has 0 unspecified atom stereocenters. The summed E-state index contributed by atoms with van der Waals surface area (Å²) in [6.07, 6.45) is 2.75. The van der Waals surface area contributed by atoms with Crippen LogP contribution in [0.25, 0.3) is 71.1 Å². The van der Waals surface area contributed by atoms with E-state index in [0.717, 1.165) is 37.9 Å². The van der Waals surface area contributed by atoms with Crippen LogP contribution in [0.4, 0.5) is 0 Å². The number of nitrogens with zero attached hydrogens (tertiary/aromatic N) is 3. The van der Waals surface area contributed by atoms with Gasteiger partial charge in [-0.2, -0.15) is 0 Å². The molecule has 0 amide bonds. The van der Waals surface area contributed by atoms with Crippen molar-refractivity contribution in [2.24, 2.45) is 0 Å². The van der Waals surface area contributed by atoms with Gasteiger partial charge in [0, 0.05) is 78.7 Å². The highest BCUT2D eigenvalue weighted by Crippen LogP contribution is 2.35. The topological polar surface area (TPSA) is 31.9 Å². The van der Waals surface area contributed by atoms with Crippen LogP contribution in [0.3, 0.4) is 0 Å². The quantitative estimate of drug-likeness (QED) is 0.146. The fourth-order valence-electron chi connectivity index (χ4n) is 8.38. The van der Waals surface area contributed by atoms with Crippen molar-refractivity contribution >= 4 is 71.7 Å². The Bertz CT molecular complexity index is 2660. The molecule has 0 aliphatic carbocycles. The van der Waals surface area contributed by atoms with Gasteiger partial charge in [0.2, 0.25) is 0 Å². The summed E-state index contributed by atoms with van der Waals surface area (Å²) >= 11 is 0. The highest BCUT2D eigenvalue weighted by atomic mass is 16.1. The molecule has 0 radical (unpaired) electrons. The molecule has 3 aromatic heterocycles. The van der Waals surface area contributed by atoms with E-state index in [-0.39, 0.29) is 0 Å². The van der Waals surface area contributed by atoms with Gasteiger partial charge in [-0.05, 0) is 96.8 Å². The molecular weight excluding hydrogens is 647 g/mol. The largest absolute Gasteiger partial charge is 0.340 e. The average Bonchev–Trinajstić information content (AvgIpc) is 3.85. The van der Waals surface area contributed by atoms with Crippen LogP contribution in [-0.2, 0) is 25.9 Å². The van der Waals surface area contributed by atoms with Crippen molar-refractivity contribution in [3.8, 4) is 5.69 Å². The first-order valence-electron chi connectivity index (χ1n) is 18.8. The van der Waals surface area contributed by atoms with E-state index in [1.807, 2.05) is 26.0 Å². The molecule has 0 spiro atoms. The van der Waals surface area contributed by atoms with Crippen molar-refractivity contribution in [1.82, 2.24) is 13.7 Å². The lowest BCUT2D eigenvalue weighted by Crippen LogP contribution is -2.01. The summed E-state index contributed by atoms with van der Waals surface area (Å²) in [5, 5.41) is 7.73. The van der Waals surface area contributed by atoms with E-state index in [4.69, 9.17) is 0 Å². The maximum absolute atomic E-state index is 11.5. The van der Waals surface area contributed by atoms with Crippen molar-refractivity contribution in [3.05, 3.63) is 174 Å². The van der Waals surface area contributed by atoms with E-state index < -0.39 is 0 Å². The number of fused-ring (bicyclic) bond motifs is 9. The number of aromatic nitrogens is 3. The minimum Gasteiger partial charge on any atom is -0.340 e. The maximum Gasteiger partial charge on any atom is 0.150 e. The Labute approximate surface area is 309 Å². The van der Waals surface area contributed by atoms with Crippen molar-refractivity contribution in [3.63, 3.8) is 0 Å². The predicted octanol–water partition coefficient (Wildman–Crippen LogP) is 12.3. The predicted molar refractivity (Wildman–Crippen MR) is 224 cm³/mol. The van der Waals surface area contributed by atoms with Gasteiger partial charge in [-0.15, -0.1) is 0 Å². The molecule has 0 saturated carbocycles. The van der Waals surface area contributed by atoms with Crippen molar-refractivity contribution in [2.45, 2.75) is 39.8 Å². The summed E-state index contributed by atoms with van der Waals surface area (Å²) in [6, 6.07) is 56.8. The second kappa shape index (κ2) is 13.6. The number of para-hydroxylation sites is 4. The van der Waals surface area contributed by atoms with Crippen molar-refractivity contribution in [1.29, 1.82) is 0 Å². The van der Waals surface area contributed by atoms with Gasteiger partial charge in [0.15, 0.2) is 0 Å². The minimum atomic E-state index is 0.680. The van der Waals surface area contributed by atoms with Crippen LogP contribution in [0.1, 0.15) is 35.3 Å². The van der Waals surface area contributed by atoms with Crippen LogP contribution >= 0.6 is 0 Å². The minimum absolute atomic E-state index is 0.680. The van der Waals surface area contributed by atoms with Crippen molar-refractivity contribution < 1.29 is 4.79 Å². The van der Waals surface area contributed by atoms with Crippen molar-refractivity contribution in [2.75, 3.05) is 0 Å². The molecule has 0 aliphatic heterocycles. The molecule has 53 heavy (non-hydrogen) atoms. The van der Waals surface area contributed by atoms with Crippen LogP contribution < -0.4 is 0 Å². The first-order chi connectivity index (χ1) is 26.2. The fraction of sp³-hybridized carbons (Fsp3) is 0.122. The van der Waals surface area contributed by atoms with Crippen LogP contribution in [0.5, 0.6) is 0 Å². The lowest BCUT2D eigenvalue weighted by molar-refractivity contribution is 0.112. The molecule has 258 valence electrons. The van der Waals surface area contributed by atoms with Gasteiger partial charge in [-0.3, -0.25) is 4.79 Å². The zero-order chi connectivity index (χ0) is 35.9. The highest BCUT2D eigenvalue weighted by Gasteiger charge is 2.16. The third kappa shape index (κ3) is 5.50. The van der Waals surface area contributed by atoms with Crippen LogP contribution in [0.2, 0.25) is 0 Å². The highest BCUT2D eigenvalue weighted by molar-refractivity contribution is 6.11. The Morgan fingerprint density at radius 1 is 0.415 bits per heavy atom. The Morgan fingerprint density at radius 3 is 1.17 bits per heavy atom. The molecule has 0 atom stereocenters. The molecule has 0 saturated heterocycles. The normalized spacial score (nSPS) is 11.6. The van der Waals surface area contributed by atoms with Crippen LogP contribution in [0, 0.1) is 0 Å². The second-order valence-corrected chi connectivity index (χ2v) is 13.6. The lowest BCUT2D eigenvalue weighted by Gasteiger charge is -2.10. The number of rotatable bonds is 8. The summed E-state index contributed by atoms with van der Waals surface area (Å²) in [5.74, 6) is 0. The number of benzene rings is 7. The van der Waals surface area contributed by atoms with E-state index in [2.05, 4.69) is 159 Å². The van der Waals surface area contributed by atoms with E-state index >= 15 is 0 Å². The summed E-state index contributed by atoms with van der Waals surface area (Å²) in [4.78, 5) is 11.5. The van der Waals surface area contributed by atoms with E-state index in [0.29, 0.717) is 5.56 Å². The molecule has 10 aromatic rings. The molecule has 10 rings (SSSR count). The third-order valence-electron chi connectivity index (χ3n) is 10.8. The Morgan fingerprint density at radius 2 is 0.792 bits per heavy atom. The summed E-state index contributed by atoms with van der Waals surface area (Å²) in [7, 11) is 0. The molecule has 7 aromatic carbocycles.